The van der Waals surface area contributed by atoms with Crippen LogP contribution in [-0.4, -0.2) is 26.9 Å². The van der Waals surface area contributed by atoms with Crippen molar-refractivity contribution in [1.29, 1.82) is 0 Å². The van der Waals surface area contributed by atoms with Gasteiger partial charge in [0.2, 0.25) is 0 Å². The van der Waals surface area contributed by atoms with Crippen molar-refractivity contribution in [3.8, 4) is 0 Å². The van der Waals surface area contributed by atoms with Crippen molar-refractivity contribution in [2.45, 2.75) is 23.1 Å². The minimum atomic E-state index is -3.58. The van der Waals surface area contributed by atoms with E-state index in [9.17, 15) is 13.2 Å². The first-order valence-electron chi connectivity index (χ1n) is 7.66. The van der Waals surface area contributed by atoms with Gasteiger partial charge >= 0.3 is 0 Å². The lowest BCUT2D eigenvalue weighted by Gasteiger charge is -2.12. The highest BCUT2D eigenvalue weighted by molar-refractivity contribution is 7.94. The summed E-state index contributed by atoms with van der Waals surface area (Å²) in [4.78, 5) is 12.1. The van der Waals surface area contributed by atoms with Crippen LogP contribution >= 0.6 is 11.3 Å². The van der Waals surface area contributed by atoms with E-state index < -0.39 is 10.0 Å². The van der Waals surface area contributed by atoms with Crippen LogP contribution in [0.5, 0.6) is 0 Å². The zero-order valence-corrected chi connectivity index (χ0v) is 14.6. The van der Waals surface area contributed by atoms with Crippen LogP contribution in [0.25, 0.3) is 0 Å². The lowest BCUT2D eigenvalue weighted by atomic mass is 10.1. The van der Waals surface area contributed by atoms with Gasteiger partial charge in [-0.1, -0.05) is 6.07 Å². The van der Waals surface area contributed by atoms with Gasteiger partial charge in [0, 0.05) is 23.8 Å². The van der Waals surface area contributed by atoms with Crippen molar-refractivity contribution in [3.05, 3.63) is 47.3 Å². The number of benzene rings is 1. The number of hydrogen-bond donors (Lipinski definition) is 3. The molecule has 6 nitrogen and oxygen atoms in total. The van der Waals surface area contributed by atoms with Crippen LogP contribution < -0.4 is 15.8 Å². The summed E-state index contributed by atoms with van der Waals surface area (Å²) >= 11 is 1.15. The summed E-state index contributed by atoms with van der Waals surface area (Å²) in [6.07, 6.45) is 2.27. The molecule has 1 aliphatic rings. The van der Waals surface area contributed by atoms with Gasteiger partial charge in [-0.05, 0) is 54.5 Å². The second-order valence-corrected chi connectivity index (χ2v) is 8.68. The van der Waals surface area contributed by atoms with Gasteiger partial charge in [0.15, 0.2) is 0 Å². The summed E-state index contributed by atoms with van der Waals surface area (Å²) in [6.45, 7) is 0.455. The maximum Gasteiger partial charge on any atom is 0.271 e. The Morgan fingerprint density at radius 3 is 2.54 bits per heavy atom. The third-order valence-corrected chi connectivity index (χ3v) is 6.66. The van der Waals surface area contributed by atoms with E-state index in [0.717, 1.165) is 24.2 Å². The van der Waals surface area contributed by atoms with Crippen LogP contribution in [0.1, 0.15) is 23.2 Å². The average molecular weight is 365 g/mol. The summed E-state index contributed by atoms with van der Waals surface area (Å²) in [7, 11) is -3.58. The molecule has 1 amide bonds. The maximum absolute atomic E-state index is 12.1. The molecule has 4 N–H and O–H groups in total. The molecule has 1 fully saturated rings. The van der Waals surface area contributed by atoms with Crippen molar-refractivity contribution in [2.75, 3.05) is 11.3 Å². The fourth-order valence-electron chi connectivity index (χ4n) is 2.32. The molecule has 1 aromatic heterocycles. The van der Waals surface area contributed by atoms with Gasteiger partial charge in [0.1, 0.15) is 4.21 Å². The highest BCUT2D eigenvalue weighted by Gasteiger charge is 2.28. The topological polar surface area (TPSA) is 101 Å². The lowest BCUT2D eigenvalue weighted by Crippen LogP contribution is -2.38. The Morgan fingerprint density at radius 2 is 1.96 bits per heavy atom. The van der Waals surface area contributed by atoms with E-state index in [2.05, 4.69) is 10.0 Å². The molecule has 3 rings (SSSR count). The monoisotopic (exact) mass is 365 g/mol. The Bertz CT molecular complexity index is 798. The van der Waals surface area contributed by atoms with Crippen molar-refractivity contribution in [3.63, 3.8) is 0 Å². The van der Waals surface area contributed by atoms with E-state index >= 15 is 0 Å². The van der Waals surface area contributed by atoms with Gasteiger partial charge in [-0.2, -0.15) is 0 Å². The number of nitrogens with one attached hydrogen (secondary N) is 2. The van der Waals surface area contributed by atoms with Crippen LogP contribution in [0.3, 0.4) is 0 Å². The van der Waals surface area contributed by atoms with E-state index in [1.54, 1.807) is 35.7 Å². The first-order valence-corrected chi connectivity index (χ1v) is 10.0. The molecule has 1 heterocycles. The second-order valence-electron chi connectivity index (χ2n) is 5.83. The highest BCUT2D eigenvalue weighted by Crippen LogP contribution is 2.31. The Balaban J connectivity index is 1.59. The van der Waals surface area contributed by atoms with Gasteiger partial charge < -0.3 is 11.1 Å². The minimum absolute atomic E-state index is 0.00540. The molecule has 0 bridgehead atoms. The molecule has 1 aliphatic carbocycles. The Hall–Kier alpha value is -1.90. The molecule has 1 atom stereocenters. The molecule has 1 aromatic carbocycles. The number of nitrogens with two attached hydrogens (primary N) is 1. The summed E-state index contributed by atoms with van der Waals surface area (Å²) in [5.41, 5.74) is 6.84. The molecule has 0 saturated heterocycles. The number of sulfonamides is 1. The van der Waals surface area contributed by atoms with E-state index in [1.165, 1.54) is 6.07 Å². The largest absolute Gasteiger partial charge is 0.350 e. The predicted octanol–water partition coefficient (Wildman–Crippen LogP) is 2.02. The van der Waals surface area contributed by atoms with Crippen LogP contribution in [0.2, 0.25) is 0 Å². The minimum Gasteiger partial charge on any atom is -0.350 e. The smallest absolute Gasteiger partial charge is 0.271 e. The fourth-order valence-corrected chi connectivity index (χ4v) is 4.37. The third-order valence-electron chi connectivity index (χ3n) is 3.89. The number of hydrogen-bond acceptors (Lipinski definition) is 5. The van der Waals surface area contributed by atoms with Crippen LogP contribution in [-0.2, 0) is 10.0 Å². The number of carbonyl (C=O) groups excluding carboxylic acids is 1. The molecular formula is C16H19N3O3S2. The number of rotatable bonds is 7. The number of amides is 1. The molecule has 1 saturated carbocycles. The molecule has 24 heavy (non-hydrogen) atoms. The van der Waals surface area contributed by atoms with Crippen molar-refractivity contribution in [1.82, 2.24) is 5.32 Å². The van der Waals surface area contributed by atoms with Gasteiger partial charge in [-0.25, -0.2) is 8.42 Å². The molecule has 0 aliphatic heterocycles. The maximum atomic E-state index is 12.1. The predicted molar refractivity (Wildman–Crippen MR) is 94.6 cm³/mol. The van der Waals surface area contributed by atoms with Gasteiger partial charge in [-0.15, -0.1) is 11.3 Å². The SMILES string of the molecule is NC(CNC(=O)c1ccc(NS(=O)(=O)c2cccs2)cc1)C1CC1. The standard InChI is InChI=1S/C16H19N3O3S2/c17-14(11-3-4-11)10-18-16(20)12-5-7-13(8-6-12)19-24(21,22)15-2-1-9-23-15/h1-2,5-9,11,14,19H,3-4,10,17H2,(H,18,20). The summed E-state index contributed by atoms with van der Waals surface area (Å²) in [6, 6.07) is 9.54. The number of anilines is 1. The second kappa shape index (κ2) is 6.92. The Labute approximate surface area is 145 Å². The lowest BCUT2D eigenvalue weighted by molar-refractivity contribution is 0.0950. The number of thiophene rings is 1. The normalized spacial score (nSPS) is 15.7. The van der Waals surface area contributed by atoms with Crippen LogP contribution in [0.15, 0.2) is 46.0 Å². The van der Waals surface area contributed by atoms with Crippen molar-refractivity contribution < 1.29 is 13.2 Å². The average Bonchev–Trinajstić information content (AvgIpc) is 3.26. The van der Waals surface area contributed by atoms with Crippen molar-refractivity contribution >= 4 is 33.0 Å². The quantitative estimate of drug-likeness (QED) is 0.698. The van der Waals surface area contributed by atoms with Crippen LogP contribution in [0.4, 0.5) is 5.69 Å². The first-order chi connectivity index (χ1) is 11.5. The molecule has 8 heteroatoms. The van der Waals surface area contributed by atoms with Gasteiger partial charge in [-0.3, -0.25) is 9.52 Å². The van der Waals surface area contributed by atoms with E-state index in [0.29, 0.717) is 23.7 Å². The van der Waals surface area contributed by atoms with E-state index in [1.807, 2.05) is 0 Å². The zero-order chi connectivity index (χ0) is 17.2. The molecule has 0 spiro atoms. The Morgan fingerprint density at radius 1 is 1.25 bits per heavy atom. The van der Waals surface area contributed by atoms with Gasteiger partial charge in [0.25, 0.3) is 15.9 Å². The zero-order valence-electron chi connectivity index (χ0n) is 12.9. The summed E-state index contributed by atoms with van der Waals surface area (Å²) < 4.78 is 27.0. The molecule has 128 valence electrons. The summed E-state index contributed by atoms with van der Waals surface area (Å²) in [5, 5.41) is 4.51. The first kappa shape index (κ1) is 16.9. The van der Waals surface area contributed by atoms with Crippen LogP contribution in [0, 0.1) is 5.92 Å². The fraction of sp³-hybridized carbons (Fsp3) is 0.312. The van der Waals surface area contributed by atoms with E-state index in [-0.39, 0.29) is 16.2 Å². The summed E-state index contributed by atoms with van der Waals surface area (Å²) in [5.74, 6) is 0.318. The molecule has 1 unspecified atom stereocenters. The molecule has 0 radical (unpaired) electrons. The number of carbonyl (C=O) groups is 1. The molecular weight excluding hydrogens is 346 g/mol. The highest BCUT2D eigenvalue weighted by atomic mass is 32.2. The Kier molecular flexibility index (Phi) is 4.88. The molecule has 2 aromatic rings. The van der Waals surface area contributed by atoms with E-state index in [4.69, 9.17) is 5.73 Å². The van der Waals surface area contributed by atoms with Crippen molar-refractivity contribution in [2.24, 2.45) is 11.7 Å². The third kappa shape index (κ3) is 4.14. The van der Waals surface area contributed by atoms with Gasteiger partial charge in [0.05, 0.1) is 0 Å².